The molecule has 0 bridgehead atoms. The molecule has 1 rings (SSSR count). The van der Waals surface area contributed by atoms with Crippen LogP contribution >= 0.6 is 0 Å². The maximum Gasteiger partial charge on any atom is 0.0718 e. The quantitative estimate of drug-likeness (QED) is 0.769. The lowest BCUT2D eigenvalue weighted by Gasteiger charge is -2.34. The van der Waals surface area contributed by atoms with Crippen LogP contribution in [0.1, 0.15) is 40.0 Å². The van der Waals surface area contributed by atoms with Crippen molar-refractivity contribution in [2.24, 2.45) is 5.92 Å². The van der Waals surface area contributed by atoms with E-state index in [9.17, 15) is 5.11 Å². The number of hydrogen-bond acceptors (Lipinski definition) is 3. The highest BCUT2D eigenvalue weighted by atomic mass is 16.3. The van der Waals surface area contributed by atoms with Crippen molar-refractivity contribution in [3.05, 3.63) is 0 Å². The normalized spacial score (nSPS) is 26.9. The van der Waals surface area contributed by atoms with Crippen molar-refractivity contribution in [2.75, 3.05) is 13.1 Å². The van der Waals surface area contributed by atoms with Crippen molar-refractivity contribution in [1.82, 2.24) is 4.90 Å². The van der Waals surface area contributed by atoms with Crippen LogP contribution in [-0.2, 0) is 0 Å². The number of aliphatic hydroxyl groups is 1. The van der Waals surface area contributed by atoms with E-state index in [-0.39, 0.29) is 5.92 Å². The maximum absolute atomic E-state index is 9.81. The first-order valence-corrected chi connectivity index (χ1v) is 5.84. The van der Waals surface area contributed by atoms with Gasteiger partial charge in [-0.25, -0.2) is 0 Å². The summed E-state index contributed by atoms with van der Waals surface area (Å²) in [5.74, 6) is 0.160. The van der Waals surface area contributed by atoms with Crippen molar-refractivity contribution in [1.29, 1.82) is 5.26 Å². The molecule has 2 atom stereocenters. The van der Waals surface area contributed by atoms with Crippen molar-refractivity contribution in [3.63, 3.8) is 0 Å². The molecule has 0 aromatic rings. The zero-order chi connectivity index (χ0) is 11.5. The topological polar surface area (TPSA) is 47.3 Å². The van der Waals surface area contributed by atoms with E-state index in [2.05, 4.69) is 17.9 Å². The average molecular weight is 210 g/mol. The zero-order valence-electron chi connectivity index (χ0n) is 10.0. The van der Waals surface area contributed by atoms with E-state index < -0.39 is 5.60 Å². The third kappa shape index (κ3) is 3.48. The average Bonchev–Trinajstić information content (AvgIpc) is 2.60. The van der Waals surface area contributed by atoms with Gasteiger partial charge in [-0.05, 0) is 33.2 Å². The molecule has 0 aromatic carbocycles. The summed E-state index contributed by atoms with van der Waals surface area (Å²) < 4.78 is 0. The van der Waals surface area contributed by atoms with Crippen molar-refractivity contribution < 1.29 is 5.11 Å². The summed E-state index contributed by atoms with van der Waals surface area (Å²) in [4.78, 5) is 2.25. The second-order valence-electron chi connectivity index (χ2n) is 5.11. The summed E-state index contributed by atoms with van der Waals surface area (Å²) in [5.41, 5.74) is -0.668. The van der Waals surface area contributed by atoms with Gasteiger partial charge in [0.1, 0.15) is 0 Å². The summed E-state index contributed by atoms with van der Waals surface area (Å²) >= 11 is 0. The summed E-state index contributed by atoms with van der Waals surface area (Å²) in [7, 11) is 0. The van der Waals surface area contributed by atoms with Gasteiger partial charge < -0.3 is 5.11 Å². The van der Waals surface area contributed by atoms with Gasteiger partial charge in [0, 0.05) is 12.6 Å². The van der Waals surface area contributed by atoms with Gasteiger partial charge in [0.2, 0.25) is 0 Å². The molecule has 86 valence electrons. The molecule has 0 amide bonds. The van der Waals surface area contributed by atoms with Gasteiger partial charge in [-0.2, -0.15) is 5.26 Å². The van der Waals surface area contributed by atoms with Gasteiger partial charge in [-0.1, -0.05) is 13.3 Å². The van der Waals surface area contributed by atoms with Crippen molar-refractivity contribution in [2.45, 2.75) is 51.7 Å². The molecule has 1 N–H and O–H groups in total. The van der Waals surface area contributed by atoms with E-state index in [0.717, 1.165) is 25.8 Å². The van der Waals surface area contributed by atoms with Crippen LogP contribution in [0.5, 0.6) is 0 Å². The van der Waals surface area contributed by atoms with Crippen LogP contribution in [0.3, 0.4) is 0 Å². The molecule has 1 fully saturated rings. The first kappa shape index (κ1) is 12.5. The van der Waals surface area contributed by atoms with Crippen molar-refractivity contribution in [3.8, 4) is 6.07 Å². The highest BCUT2D eigenvalue weighted by molar-refractivity contribution is 4.98. The second kappa shape index (κ2) is 4.96. The Labute approximate surface area is 92.7 Å². The van der Waals surface area contributed by atoms with Crippen LogP contribution in [0.2, 0.25) is 0 Å². The zero-order valence-corrected chi connectivity index (χ0v) is 10.0. The first-order valence-electron chi connectivity index (χ1n) is 5.84. The molecule has 1 saturated carbocycles. The number of likely N-dealkylation sites (N-methyl/N-ethyl adjacent to an activating group) is 1. The molecule has 1 aliphatic carbocycles. The van der Waals surface area contributed by atoms with E-state index >= 15 is 0 Å². The van der Waals surface area contributed by atoms with Gasteiger partial charge in [0.25, 0.3) is 0 Å². The monoisotopic (exact) mass is 210 g/mol. The molecule has 0 spiro atoms. The Bertz CT molecular complexity index is 239. The fourth-order valence-electron chi connectivity index (χ4n) is 2.49. The van der Waals surface area contributed by atoms with Gasteiger partial charge >= 0.3 is 0 Å². The maximum atomic E-state index is 9.81. The van der Waals surface area contributed by atoms with E-state index in [1.807, 2.05) is 13.8 Å². The minimum absolute atomic E-state index is 0.160. The summed E-state index contributed by atoms with van der Waals surface area (Å²) in [6, 6.07) is 2.74. The molecule has 0 saturated heterocycles. The van der Waals surface area contributed by atoms with Gasteiger partial charge in [-0.3, -0.25) is 4.90 Å². The summed E-state index contributed by atoms with van der Waals surface area (Å²) in [6.45, 7) is 7.32. The predicted molar refractivity (Wildman–Crippen MR) is 60.3 cm³/mol. The third-order valence-corrected chi connectivity index (χ3v) is 3.11. The van der Waals surface area contributed by atoms with Crippen LogP contribution in [0.15, 0.2) is 0 Å². The third-order valence-electron chi connectivity index (χ3n) is 3.11. The summed E-state index contributed by atoms with van der Waals surface area (Å²) in [5, 5.41) is 18.9. The minimum Gasteiger partial charge on any atom is -0.389 e. The molecule has 2 unspecified atom stereocenters. The Hall–Kier alpha value is -0.590. The predicted octanol–water partition coefficient (Wildman–Crippen LogP) is 1.77. The number of rotatable bonds is 4. The molecule has 3 nitrogen and oxygen atoms in total. The molecule has 0 heterocycles. The van der Waals surface area contributed by atoms with E-state index in [1.54, 1.807) is 0 Å². The lowest BCUT2D eigenvalue weighted by molar-refractivity contribution is 0.0194. The lowest BCUT2D eigenvalue weighted by Crippen LogP contribution is -2.45. The highest BCUT2D eigenvalue weighted by Crippen LogP contribution is 2.30. The Morgan fingerprint density at radius 2 is 2.13 bits per heavy atom. The lowest BCUT2D eigenvalue weighted by atomic mass is 10.0. The molecular weight excluding hydrogens is 188 g/mol. The fourth-order valence-corrected chi connectivity index (χ4v) is 2.49. The van der Waals surface area contributed by atoms with Gasteiger partial charge in [0.15, 0.2) is 0 Å². The molecule has 15 heavy (non-hydrogen) atoms. The fraction of sp³-hybridized carbons (Fsp3) is 0.917. The van der Waals surface area contributed by atoms with E-state index in [4.69, 9.17) is 5.26 Å². The second-order valence-corrected chi connectivity index (χ2v) is 5.11. The van der Waals surface area contributed by atoms with E-state index in [1.165, 1.54) is 0 Å². The number of nitriles is 1. The number of hydrogen-bond donors (Lipinski definition) is 1. The first-order chi connectivity index (χ1) is 6.98. The van der Waals surface area contributed by atoms with E-state index in [0.29, 0.717) is 12.6 Å². The largest absolute Gasteiger partial charge is 0.389 e. The Morgan fingerprint density at radius 3 is 2.60 bits per heavy atom. The Kier molecular flexibility index (Phi) is 4.12. The van der Waals surface area contributed by atoms with Crippen LogP contribution in [0, 0.1) is 17.2 Å². The molecule has 0 aliphatic heterocycles. The highest BCUT2D eigenvalue weighted by Gasteiger charge is 2.33. The molecule has 3 heteroatoms. The van der Waals surface area contributed by atoms with Crippen LogP contribution < -0.4 is 0 Å². The van der Waals surface area contributed by atoms with Gasteiger partial charge in [-0.15, -0.1) is 0 Å². The Morgan fingerprint density at radius 1 is 1.47 bits per heavy atom. The van der Waals surface area contributed by atoms with Crippen molar-refractivity contribution >= 4 is 0 Å². The molecule has 0 aromatic heterocycles. The summed E-state index contributed by atoms with van der Waals surface area (Å²) in [6.07, 6.45) is 3.26. The smallest absolute Gasteiger partial charge is 0.0718 e. The van der Waals surface area contributed by atoms with Gasteiger partial charge in [0.05, 0.1) is 17.6 Å². The SMILES string of the molecule is CCN(CC(C)(C)O)C1CCCC1C#N. The number of nitrogens with zero attached hydrogens (tertiary/aromatic N) is 2. The van der Waals surface area contributed by atoms with Crippen LogP contribution in [-0.4, -0.2) is 34.7 Å². The Balaban J connectivity index is 2.62. The van der Waals surface area contributed by atoms with Crippen LogP contribution in [0.4, 0.5) is 0 Å². The molecule has 1 aliphatic rings. The minimum atomic E-state index is -0.668. The molecule has 0 radical (unpaired) electrons. The standard InChI is InChI=1S/C12H22N2O/c1-4-14(9-12(2,3)15)11-7-5-6-10(11)8-13/h10-11,15H,4-7,9H2,1-3H3. The van der Waals surface area contributed by atoms with Crippen LogP contribution in [0.25, 0.3) is 0 Å². The molecular formula is C12H22N2O.